The molecule has 2 saturated carbocycles. The van der Waals surface area contributed by atoms with Gasteiger partial charge in [0, 0.05) is 18.5 Å². The van der Waals surface area contributed by atoms with Crippen molar-refractivity contribution in [1.29, 1.82) is 0 Å². The molecular weight excluding hydrogens is 320 g/mol. The summed E-state index contributed by atoms with van der Waals surface area (Å²) in [5, 5.41) is 3.22. The predicted molar refractivity (Wildman–Crippen MR) is 108 cm³/mol. The first-order valence-corrected chi connectivity index (χ1v) is 10.1. The quantitative estimate of drug-likeness (QED) is 0.856. The van der Waals surface area contributed by atoms with E-state index in [-0.39, 0.29) is 16.7 Å². The van der Waals surface area contributed by atoms with E-state index < -0.39 is 0 Å². The maximum absolute atomic E-state index is 13.1. The van der Waals surface area contributed by atoms with Crippen LogP contribution in [-0.4, -0.2) is 38.0 Å². The average Bonchev–Trinajstić information content (AvgIpc) is 2.53. The molecule has 0 saturated heterocycles. The highest BCUT2D eigenvalue weighted by Crippen LogP contribution is 2.61. The zero-order valence-electron chi connectivity index (χ0n) is 17.3. The van der Waals surface area contributed by atoms with Crippen molar-refractivity contribution >= 4 is 5.91 Å². The summed E-state index contributed by atoms with van der Waals surface area (Å²) in [6.07, 6.45) is 5.65. The van der Waals surface area contributed by atoms with Gasteiger partial charge in [-0.3, -0.25) is 4.79 Å². The Morgan fingerprint density at radius 1 is 1.08 bits per heavy atom. The van der Waals surface area contributed by atoms with Crippen molar-refractivity contribution in [3.05, 3.63) is 35.9 Å². The Labute approximate surface area is 159 Å². The Hall–Kier alpha value is -1.35. The third-order valence-electron chi connectivity index (χ3n) is 6.58. The maximum atomic E-state index is 13.1. The molecule has 2 aliphatic carbocycles. The van der Waals surface area contributed by atoms with Crippen LogP contribution in [0, 0.1) is 16.7 Å². The number of benzene rings is 1. The van der Waals surface area contributed by atoms with Crippen LogP contribution in [0.25, 0.3) is 0 Å². The van der Waals surface area contributed by atoms with Crippen molar-refractivity contribution in [2.45, 2.75) is 58.3 Å². The second-order valence-corrected chi connectivity index (χ2v) is 10.3. The predicted octanol–water partition coefficient (Wildman–Crippen LogP) is 4.23. The van der Waals surface area contributed by atoms with Crippen LogP contribution in [0.1, 0.15) is 58.4 Å². The topological polar surface area (TPSA) is 32.3 Å². The lowest BCUT2D eigenvalue weighted by Gasteiger charge is -2.57. The summed E-state index contributed by atoms with van der Waals surface area (Å²) < 4.78 is 0. The van der Waals surface area contributed by atoms with Gasteiger partial charge in [0.2, 0.25) is 5.91 Å². The van der Waals surface area contributed by atoms with Crippen molar-refractivity contribution in [2.75, 3.05) is 27.2 Å². The fourth-order valence-corrected chi connectivity index (χ4v) is 6.09. The minimum absolute atomic E-state index is 0.138. The van der Waals surface area contributed by atoms with Gasteiger partial charge in [-0.15, -0.1) is 0 Å². The molecule has 0 radical (unpaired) electrons. The molecular formula is C23H36N2O. The van der Waals surface area contributed by atoms with Gasteiger partial charge in [-0.25, -0.2) is 0 Å². The number of carbonyl (C=O) groups excluding carboxylic acids is 1. The second kappa shape index (κ2) is 6.99. The van der Waals surface area contributed by atoms with Gasteiger partial charge in [-0.2, -0.15) is 0 Å². The van der Waals surface area contributed by atoms with Gasteiger partial charge >= 0.3 is 0 Å². The molecule has 0 aromatic heterocycles. The lowest BCUT2D eigenvalue weighted by molar-refractivity contribution is -0.137. The standard InChI is InChI=1S/C23H36N2O/c1-21(2)13-18-14-22(3,20(26)24-11-12-25(4)5)17-23(15-18,16-21)19-9-7-6-8-10-19/h6-10,18H,11-17H2,1-5H3,(H,24,26). The Bertz CT molecular complexity index is 639. The molecule has 3 nitrogen and oxygen atoms in total. The Morgan fingerprint density at radius 3 is 2.42 bits per heavy atom. The van der Waals surface area contributed by atoms with Crippen molar-refractivity contribution in [1.82, 2.24) is 10.2 Å². The molecule has 2 fully saturated rings. The first-order valence-electron chi connectivity index (χ1n) is 10.1. The van der Waals surface area contributed by atoms with E-state index in [4.69, 9.17) is 0 Å². The molecule has 26 heavy (non-hydrogen) atoms. The summed E-state index contributed by atoms with van der Waals surface area (Å²) in [5.41, 5.74) is 1.66. The molecule has 3 unspecified atom stereocenters. The van der Waals surface area contributed by atoms with Crippen LogP contribution in [-0.2, 0) is 10.2 Å². The van der Waals surface area contributed by atoms with Crippen LogP contribution >= 0.6 is 0 Å². The van der Waals surface area contributed by atoms with Gasteiger partial charge in [-0.05, 0) is 68.5 Å². The molecule has 1 aromatic carbocycles. The first kappa shape index (κ1) is 19.4. The van der Waals surface area contributed by atoms with E-state index in [2.05, 4.69) is 61.3 Å². The SMILES string of the molecule is CN(C)CCNC(=O)C1(C)CC2CC(C)(C)CC(c3ccccc3)(C2)C1. The van der Waals surface area contributed by atoms with Gasteiger partial charge in [-0.1, -0.05) is 51.1 Å². The van der Waals surface area contributed by atoms with Gasteiger partial charge in [0.05, 0.1) is 0 Å². The molecule has 144 valence electrons. The van der Waals surface area contributed by atoms with Crippen molar-refractivity contribution in [3.8, 4) is 0 Å². The molecule has 3 atom stereocenters. The first-order chi connectivity index (χ1) is 12.1. The monoisotopic (exact) mass is 356 g/mol. The van der Waals surface area contributed by atoms with Crippen LogP contribution in [0.3, 0.4) is 0 Å². The molecule has 1 aromatic rings. The van der Waals surface area contributed by atoms with Crippen LogP contribution in [0.15, 0.2) is 30.3 Å². The van der Waals surface area contributed by atoms with E-state index >= 15 is 0 Å². The van der Waals surface area contributed by atoms with Crippen molar-refractivity contribution in [3.63, 3.8) is 0 Å². The fourth-order valence-electron chi connectivity index (χ4n) is 6.09. The second-order valence-electron chi connectivity index (χ2n) is 10.3. The molecule has 0 heterocycles. The number of likely N-dealkylation sites (N-methyl/N-ethyl adjacent to an activating group) is 1. The van der Waals surface area contributed by atoms with Crippen LogP contribution in [0.2, 0.25) is 0 Å². The lowest BCUT2D eigenvalue weighted by Crippen LogP contribution is -2.54. The number of nitrogens with one attached hydrogen (secondary N) is 1. The summed E-state index contributed by atoms with van der Waals surface area (Å²) in [4.78, 5) is 15.3. The van der Waals surface area contributed by atoms with E-state index in [0.29, 0.717) is 11.3 Å². The minimum atomic E-state index is -0.262. The highest BCUT2D eigenvalue weighted by Gasteiger charge is 2.55. The third-order valence-corrected chi connectivity index (χ3v) is 6.58. The molecule has 1 N–H and O–H groups in total. The van der Waals surface area contributed by atoms with E-state index in [9.17, 15) is 4.79 Å². The minimum Gasteiger partial charge on any atom is -0.354 e. The summed E-state index contributed by atoms with van der Waals surface area (Å²) >= 11 is 0. The molecule has 2 bridgehead atoms. The molecule has 3 rings (SSSR count). The largest absolute Gasteiger partial charge is 0.354 e. The van der Waals surface area contributed by atoms with Crippen LogP contribution in [0.4, 0.5) is 0 Å². The number of nitrogens with zero attached hydrogens (tertiary/aromatic N) is 1. The van der Waals surface area contributed by atoms with E-state index in [1.807, 2.05) is 14.1 Å². The number of carbonyl (C=O) groups is 1. The van der Waals surface area contributed by atoms with Gasteiger partial charge in [0.15, 0.2) is 0 Å². The summed E-state index contributed by atoms with van der Waals surface area (Å²) in [7, 11) is 4.09. The number of hydrogen-bond donors (Lipinski definition) is 1. The number of rotatable bonds is 5. The molecule has 0 spiro atoms. The number of hydrogen-bond acceptors (Lipinski definition) is 2. The molecule has 1 amide bonds. The zero-order valence-corrected chi connectivity index (χ0v) is 17.3. The smallest absolute Gasteiger partial charge is 0.226 e. The van der Waals surface area contributed by atoms with Gasteiger partial charge in [0.25, 0.3) is 0 Å². The summed E-state index contributed by atoms with van der Waals surface area (Å²) in [5.74, 6) is 0.890. The molecule has 3 heteroatoms. The van der Waals surface area contributed by atoms with Crippen molar-refractivity contribution in [2.24, 2.45) is 16.7 Å². The molecule has 0 aliphatic heterocycles. The third kappa shape index (κ3) is 3.98. The highest BCUT2D eigenvalue weighted by atomic mass is 16.2. The summed E-state index contributed by atoms with van der Waals surface area (Å²) in [6.45, 7) is 8.66. The van der Waals surface area contributed by atoms with Crippen LogP contribution in [0.5, 0.6) is 0 Å². The highest BCUT2D eigenvalue weighted by molar-refractivity contribution is 5.82. The van der Waals surface area contributed by atoms with E-state index in [1.165, 1.54) is 24.8 Å². The van der Waals surface area contributed by atoms with Crippen LogP contribution < -0.4 is 5.32 Å². The average molecular weight is 357 g/mol. The van der Waals surface area contributed by atoms with Gasteiger partial charge < -0.3 is 10.2 Å². The number of amides is 1. The fraction of sp³-hybridized carbons (Fsp3) is 0.696. The van der Waals surface area contributed by atoms with E-state index in [1.54, 1.807) is 0 Å². The van der Waals surface area contributed by atoms with Gasteiger partial charge in [0.1, 0.15) is 0 Å². The maximum Gasteiger partial charge on any atom is 0.226 e. The summed E-state index contributed by atoms with van der Waals surface area (Å²) in [6, 6.07) is 11.0. The Kier molecular flexibility index (Phi) is 5.22. The number of fused-ring (bicyclic) bond motifs is 2. The normalized spacial score (nSPS) is 33.1. The Morgan fingerprint density at radius 2 is 1.77 bits per heavy atom. The zero-order chi connectivity index (χ0) is 19.0. The van der Waals surface area contributed by atoms with E-state index in [0.717, 1.165) is 25.9 Å². The lowest BCUT2D eigenvalue weighted by atomic mass is 9.47. The molecule has 2 aliphatic rings. The van der Waals surface area contributed by atoms with Crippen molar-refractivity contribution < 1.29 is 4.79 Å². The Balaban J connectivity index is 1.86.